The minimum Gasteiger partial charge on any atom is -0.372 e. The highest BCUT2D eigenvalue weighted by Gasteiger charge is 2.10. The summed E-state index contributed by atoms with van der Waals surface area (Å²) in [6, 6.07) is 3.62. The molecule has 1 saturated heterocycles. The van der Waals surface area contributed by atoms with Crippen LogP contribution in [0.25, 0.3) is 0 Å². The van der Waals surface area contributed by atoms with Crippen molar-refractivity contribution in [2.45, 2.75) is 44.9 Å². The molecular weight excluding hydrogens is 282 g/mol. The number of hydrogen-bond acceptors (Lipinski definition) is 2. The molecule has 1 heterocycles. The normalized spacial score (nSPS) is 16.0. The third-order valence-corrected chi connectivity index (χ3v) is 4.49. The van der Waals surface area contributed by atoms with Gasteiger partial charge in [-0.3, -0.25) is 0 Å². The van der Waals surface area contributed by atoms with E-state index in [1.807, 2.05) is 11.9 Å². The van der Waals surface area contributed by atoms with Gasteiger partial charge in [0, 0.05) is 19.7 Å². The Hall–Kier alpha value is -1.16. The fourth-order valence-electron chi connectivity index (χ4n) is 3.12. The Morgan fingerprint density at radius 1 is 1.00 bits per heavy atom. The molecule has 22 heavy (non-hydrogen) atoms. The number of piperidine rings is 1. The van der Waals surface area contributed by atoms with Crippen molar-refractivity contribution in [2.75, 3.05) is 38.1 Å². The molecular formula is C18H28F2N2. The molecule has 1 aliphatic heterocycles. The van der Waals surface area contributed by atoms with Crippen LogP contribution in [0.3, 0.4) is 0 Å². The van der Waals surface area contributed by atoms with Gasteiger partial charge in [-0.2, -0.15) is 0 Å². The molecule has 2 rings (SSSR count). The zero-order chi connectivity index (χ0) is 15.8. The highest BCUT2D eigenvalue weighted by molar-refractivity contribution is 5.47. The second-order valence-electron chi connectivity index (χ2n) is 6.33. The summed E-state index contributed by atoms with van der Waals surface area (Å²) in [7, 11) is 1.82. The first-order valence-electron chi connectivity index (χ1n) is 8.55. The van der Waals surface area contributed by atoms with Crippen molar-refractivity contribution in [1.29, 1.82) is 0 Å². The maximum Gasteiger partial charge on any atom is 0.146 e. The first kappa shape index (κ1) is 17.2. The van der Waals surface area contributed by atoms with Crippen molar-refractivity contribution in [3.05, 3.63) is 29.8 Å². The first-order valence-corrected chi connectivity index (χ1v) is 8.55. The highest BCUT2D eigenvalue weighted by Crippen LogP contribution is 2.19. The van der Waals surface area contributed by atoms with Crippen molar-refractivity contribution in [2.24, 2.45) is 0 Å². The average Bonchev–Trinajstić information content (AvgIpc) is 2.54. The van der Waals surface area contributed by atoms with Gasteiger partial charge >= 0.3 is 0 Å². The number of likely N-dealkylation sites (tertiary alicyclic amines) is 1. The van der Waals surface area contributed by atoms with Crippen LogP contribution in [0.1, 0.15) is 44.9 Å². The van der Waals surface area contributed by atoms with Gasteiger partial charge in [0.1, 0.15) is 11.6 Å². The van der Waals surface area contributed by atoms with E-state index in [2.05, 4.69) is 4.90 Å². The number of halogens is 2. The molecule has 1 aromatic rings. The molecule has 124 valence electrons. The van der Waals surface area contributed by atoms with Crippen molar-refractivity contribution < 1.29 is 8.78 Å². The molecule has 0 spiro atoms. The van der Waals surface area contributed by atoms with E-state index in [-0.39, 0.29) is 11.6 Å². The molecule has 0 aromatic heterocycles. The predicted octanol–water partition coefficient (Wildman–Crippen LogP) is 4.45. The molecule has 0 bridgehead atoms. The summed E-state index contributed by atoms with van der Waals surface area (Å²) < 4.78 is 26.8. The number of hydrogen-bond donors (Lipinski definition) is 0. The van der Waals surface area contributed by atoms with Crippen LogP contribution < -0.4 is 4.90 Å². The van der Waals surface area contributed by atoms with Gasteiger partial charge in [-0.25, -0.2) is 8.78 Å². The largest absolute Gasteiger partial charge is 0.372 e. The van der Waals surface area contributed by atoms with E-state index < -0.39 is 0 Å². The summed E-state index contributed by atoms with van der Waals surface area (Å²) in [6.07, 6.45) is 8.73. The van der Waals surface area contributed by atoms with Gasteiger partial charge in [-0.15, -0.1) is 0 Å². The van der Waals surface area contributed by atoms with E-state index in [9.17, 15) is 8.78 Å². The zero-order valence-corrected chi connectivity index (χ0v) is 13.7. The Labute approximate surface area is 133 Å². The summed E-state index contributed by atoms with van der Waals surface area (Å²) in [4.78, 5) is 4.38. The average molecular weight is 310 g/mol. The third-order valence-electron chi connectivity index (χ3n) is 4.49. The van der Waals surface area contributed by atoms with Gasteiger partial charge in [0.2, 0.25) is 0 Å². The second-order valence-corrected chi connectivity index (χ2v) is 6.33. The second kappa shape index (κ2) is 9.09. The number of anilines is 1. The Balaban J connectivity index is 1.58. The fraction of sp³-hybridized carbons (Fsp3) is 0.667. The first-order chi connectivity index (χ1) is 10.7. The number of nitrogens with zero attached hydrogens (tertiary/aromatic N) is 2. The topological polar surface area (TPSA) is 6.48 Å². The number of benzene rings is 1. The maximum absolute atomic E-state index is 13.6. The summed E-state index contributed by atoms with van der Waals surface area (Å²) in [6.45, 7) is 4.52. The summed E-state index contributed by atoms with van der Waals surface area (Å²) >= 11 is 0. The van der Waals surface area contributed by atoms with Gasteiger partial charge in [0.05, 0.1) is 5.69 Å². The van der Waals surface area contributed by atoms with E-state index in [0.717, 1.165) is 25.5 Å². The van der Waals surface area contributed by atoms with Gasteiger partial charge in [0.15, 0.2) is 0 Å². The number of unbranched alkanes of at least 4 members (excludes halogenated alkanes) is 3. The molecule has 0 atom stereocenters. The lowest BCUT2D eigenvalue weighted by Crippen LogP contribution is -2.30. The van der Waals surface area contributed by atoms with Gasteiger partial charge in [-0.1, -0.05) is 19.3 Å². The SMILES string of the molecule is CN(CCCCCCN1CCCCC1)c1cc(F)ccc1F. The molecule has 0 aliphatic carbocycles. The standard InChI is InChI=1S/C18H28F2N2/c1-21(18-15-16(19)9-10-17(18)20)11-5-2-3-6-12-22-13-7-4-8-14-22/h9-10,15H,2-8,11-14H2,1H3. The molecule has 1 aliphatic rings. The third kappa shape index (κ3) is 5.56. The summed E-state index contributed by atoms with van der Waals surface area (Å²) in [5, 5.41) is 0. The minimum atomic E-state index is -0.384. The van der Waals surface area contributed by atoms with Crippen LogP contribution in [-0.4, -0.2) is 38.1 Å². The summed E-state index contributed by atoms with van der Waals surface area (Å²) in [5.41, 5.74) is 0.355. The monoisotopic (exact) mass is 310 g/mol. The van der Waals surface area contributed by atoms with Crippen LogP contribution in [0.2, 0.25) is 0 Å². The van der Waals surface area contributed by atoms with Crippen LogP contribution in [-0.2, 0) is 0 Å². The quantitative estimate of drug-likeness (QED) is 0.655. The van der Waals surface area contributed by atoms with Gasteiger partial charge in [0.25, 0.3) is 0 Å². The molecule has 0 radical (unpaired) electrons. The van der Waals surface area contributed by atoms with Gasteiger partial charge in [-0.05, 0) is 57.5 Å². The molecule has 0 amide bonds. The van der Waals surface area contributed by atoms with E-state index in [1.54, 1.807) is 0 Å². The van der Waals surface area contributed by atoms with Crippen molar-refractivity contribution in [3.63, 3.8) is 0 Å². The lowest BCUT2D eigenvalue weighted by molar-refractivity contribution is 0.224. The van der Waals surface area contributed by atoms with E-state index >= 15 is 0 Å². The van der Waals surface area contributed by atoms with Crippen LogP contribution in [0.15, 0.2) is 18.2 Å². The Kier molecular flexibility index (Phi) is 7.10. The smallest absolute Gasteiger partial charge is 0.146 e. The lowest BCUT2D eigenvalue weighted by Gasteiger charge is -2.26. The van der Waals surface area contributed by atoms with Crippen molar-refractivity contribution >= 4 is 5.69 Å². The Bertz CT molecular complexity index is 445. The molecule has 1 aromatic carbocycles. The molecule has 1 fully saturated rings. The minimum absolute atomic E-state index is 0.353. The van der Waals surface area contributed by atoms with E-state index in [1.165, 1.54) is 63.9 Å². The Morgan fingerprint density at radius 3 is 2.50 bits per heavy atom. The molecule has 0 unspecified atom stereocenters. The molecule has 0 saturated carbocycles. The Morgan fingerprint density at radius 2 is 1.73 bits per heavy atom. The summed E-state index contributed by atoms with van der Waals surface area (Å²) in [5.74, 6) is -0.737. The highest BCUT2D eigenvalue weighted by atomic mass is 19.1. The molecule has 4 heteroatoms. The fourth-order valence-corrected chi connectivity index (χ4v) is 3.12. The number of rotatable bonds is 8. The van der Waals surface area contributed by atoms with Crippen LogP contribution in [0, 0.1) is 11.6 Å². The van der Waals surface area contributed by atoms with Crippen LogP contribution in [0.4, 0.5) is 14.5 Å². The maximum atomic E-state index is 13.6. The molecule has 2 nitrogen and oxygen atoms in total. The van der Waals surface area contributed by atoms with Crippen molar-refractivity contribution in [1.82, 2.24) is 4.90 Å². The van der Waals surface area contributed by atoms with Crippen LogP contribution >= 0.6 is 0 Å². The predicted molar refractivity (Wildman–Crippen MR) is 88.4 cm³/mol. The molecule has 0 N–H and O–H groups in total. The van der Waals surface area contributed by atoms with E-state index in [4.69, 9.17) is 0 Å². The lowest BCUT2D eigenvalue weighted by atomic mass is 10.1. The van der Waals surface area contributed by atoms with Crippen LogP contribution in [0.5, 0.6) is 0 Å². The zero-order valence-electron chi connectivity index (χ0n) is 13.7. The van der Waals surface area contributed by atoms with E-state index in [0.29, 0.717) is 5.69 Å². The van der Waals surface area contributed by atoms with Crippen molar-refractivity contribution in [3.8, 4) is 0 Å². The van der Waals surface area contributed by atoms with Gasteiger partial charge < -0.3 is 9.80 Å².